The lowest BCUT2D eigenvalue weighted by Crippen LogP contribution is -1.98. The number of aromatic nitrogens is 2. The van der Waals surface area contributed by atoms with Gasteiger partial charge in [0.2, 0.25) is 5.89 Å². The molecule has 0 atom stereocenters. The van der Waals surface area contributed by atoms with Gasteiger partial charge in [0.05, 0.1) is 0 Å². The smallest absolute Gasteiger partial charge is 0.377 e. The number of unbranched alkanes of at least 4 members (excludes halogenated alkanes) is 5. The maximum absolute atomic E-state index is 10.5. The van der Waals surface area contributed by atoms with Crippen molar-refractivity contribution in [2.24, 2.45) is 0 Å². The molecule has 5 nitrogen and oxygen atoms in total. The van der Waals surface area contributed by atoms with Crippen LogP contribution in [0.5, 0.6) is 0 Å². The van der Waals surface area contributed by atoms with Crippen LogP contribution in [-0.2, 0) is 6.42 Å². The molecule has 0 spiro atoms. The van der Waals surface area contributed by atoms with Gasteiger partial charge in [-0.1, -0.05) is 39.0 Å². The monoisotopic (exact) mass is 226 g/mol. The Balaban J connectivity index is 2.14. The Morgan fingerprint density at radius 2 is 1.94 bits per heavy atom. The van der Waals surface area contributed by atoms with Crippen LogP contribution in [0.4, 0.5) is 0 Å². The summed E-state index contributed by atoms with van der Waals surface area (Å²) in [4.78, 5) is 14.2. The van der Waals surface area contributed by atoms with E-state index in [0.29, 0.717) is 12.3 Å². The minimum atomic E-state index is -1.14. The Morgan fingerprint density at radius 3 is 2.56 bits per heavy atom. The molecule has 1 aromatic heterocycles. The predicted octanol–water partition coefficient (Wildman–Crippen LogP) is 2.67. The van der Waals surface area contributed by atoms with E-state index in [-0.39, 0.29) is 5.82 Å². The van der Waals surface area contributed by atoms with Crippen molar-refractivity contribution in [2.75, 3.05) is 0 Å². The highest BCUT2D eigenvalue weighted by molar-refractivity contribution is 5.82. The number of hydrogen-bond donors (Lipinski definition) is 1. The third-order valence-electron chi connectivity index (χ3n) is 2.40. The first-order valence-corrected chi connectivity index (χ1v) is 5.80. The Hall–Kier alpha value is -1.39. The van der Waals surface area contributed by atoms with Crippen LogP contribution in [-0.4, -0.2) is 21.2 Å². The van der Waals surface area contributed by atoms with Crippen LogP contribution in [0.25, 0.3) is 0 Å². The molecule has 0 saturated heterocycles. The number of aryl methyl sites for hydroxylation is 1. The maximum Gasteiger partial charge on any atom is 0.377 e. The quantitative estimate of drug-likeness (QED) is 0.689. The van der Waals surface area contributed by atoms with Gasteiger partial charge >= 0.3 is 5.97 Å². The van der Waals surface area contributed by atoms with Crippen molar-refractivity contribution in [3.05, 3.63) is 11.7 Å². The fourth-order valence-corrected chi connectivity index (χ4v) is 1.50. The summed E-state index contributed by atoms with van der Waals surface area (Å²) in [6.45, 7) is 2.19. The number of carboxylic acid groups (broad SMARTS) is 1. The number of carboxylic acids is 1. The maximum atomic E-state index is 10.5. The molecule has 0 aliphatic rings. The highest BCUT2D eigenvalue weighted by atomic mass is 16.5. The van der Waals surface area contributed by atoms with Gasteiger partial charge in [-0.3, -0.25) is 0 Å². The van der Waals surface area contributed by atoms with Gasteiger partial charge < -0.3 is 9.63 Å². The number of rotatable bonds is 8. The fraction of sp³-hybridized carbons (Fsp3) is 0.727. The van der Waals surface area contributed by atoms with Crippen LogP contribution < -0.4 is 0 Å². The molecule has 5 heteroatoms. The minimum absolute atomic E-state index is 0.249. The fourth-order valence-electron chi connectivity index (χ4n) is 1.50. The largest absolute Gasteiger partial charge is 0.475 e. The van der Waals surface area contributed by atoms with Gasteiger partial charge in [0.1, 0.15) is 0 Å². The number of hydrogen-bond acceptors (Lipinski definition) is 4. The van der Waals surface area contributed by atoms with Crippen LogP contribution in [0.15, 0.2) is 4.52 Å². The molecule has 0 aliphatic heterocycles. The van der Waals surface area contributed by atoms with Crippen LogP contribution in [0.1, 0.15) is 62.0 Å². The van der Waals surface area contributed by atoms with E-state index in [1.807, 2.05) is 0 Å². The van der Waals surface area contributed by atoms with E-state index >= 15 is 0 Å². The zero-order valence-electron chi connectivity index (χ0n) is 9.61. The Labute approximate surface area is 94.9 Å². The van der Waals surface area contributed by atoms with E-state index in [1.165, 1.54) is 25.7 Å². The Morgan fingerprint density at radius 1 is 1.25 bits per heavy atom. The van der Waals surface area contributed by atoms with Crippen LogP contribution in [0.2, 0.25) is 0 Å². The van der Waals surface area contributed by atoms with Gasteiger partial charge in [-0.05, 0) is 11.6 Å². The molecular weight excluding hydrogens is 208 g/mol. The second-order valence-electron chi connectivity index (χ2n) is 3.83. The topological polar surface area (TPSA) is 76.2 Å². The van der Waals surface area contributed by atoms with Gasteiger partial charge in [0.15, 0.2) is 0 Å². The van der Waals surface area contributed by atoms with E-state index in [1.54, 1.807) is 0 Å². The first kappa shape index (κ1) is 12.7. The summed E-state index contributed by atoms with van der Waals surface area (Å²) in [7, 11) is 0. The van der Waals surface area contributed by atoms with Gasteiger partial charge in [-0.2, -0.15) is 4.98 Å². The van der Waals surface area contributed by atoms with E-state index in [0.717, 1.165) is 12.8 Å². The molecular formula is C11H18N2O3. The molecule has 0 aromatic carbocycles. The number of aromatic carboxylic acids is 1. The van der Waals surface area contributed by atoms with Crippen molar-refractivity contribution in [3.63, 3.8) is 0 Å². The molecule has 16 heavy (non-hydrogen) atoms. The van der Waals surface area contributed by atoms with E-state index in [4.69, 9.17) is 9.63 Å². The predicted molar refractivity (Wildman–Crippen MR) is 58.3 cm³/mol. The van der Waals surface area contributed by atoms with Crippen molar-refractivity contribution in [1.82, 2.24) is 10.1 Å². The lowest BCUT2D eigenvalue weighted by molar-refractivity contribution is 0.0680. The molecule has 1 heterocycles. The molecule has 0 unspecified atom stereocenters. The molecule has 0 radical (unpaired) electrons. The van der Waals surface area contributed by atoms with E-state index in [9.17, 15) is 4.79 Å². The first-order valence-electron chi connectivity index (χ1n) is 5.80. The van der Waals surface area contributed by atoms with Gasteiger partial charge in [0.25, 0.3) is 5.82 Å². The zero-order chi connectivity index (χ0) is 11.8. The normalized spacial score (nSPS) is 10.6. The average molecular weight is 226 g/mol. The number of carbonyl (C=O) groups is 1. The third kappa shape index (κ3) is 4.42. The third-order valence-corrected chi connectivity index (χ3v) is 2.40. The minimum Gasteiger partial charge on any atom is -0.475 e. The molecule has 1 aromatic rings. The summed E-state index contributed by atoms with van der Waals surface area (Å²) < 4.78 is 4.81. The van der Waals surface area contributed by atoms with Crippen molar-refractivity contribution in [1.29, 1.82) is 0 Å². The first-order chi connectivity index (χ1) is 7.74. The van der Waals surface area contributed by atoms with Gasteiger partial charge in [-0.25, -0.2) is 4.79 Å². The Bertz CT molecular complexity index is 323. The summed E-state index contributed by atoms with van der Waals surface area (Å²) in [5, 5.41) is 11.9. The molecule has 0 bridgehead atoms. The lowest BCUT2D eigenvalue weighted by Gasteiger charge is -1.97. The highest BCUT2D eigenvalue weighted by Crippen LogP contribution is 2.08. The standard InChI is InChI=1S/C11H18N2O3/c1-2-3-4-5-6-7-8-9-12-10(11(14)15)13-16-9/h2-8H2,1H3,(H,14,15). The zero-order valence-corrected chi connectivity index (χ0v) is 9.61. The molecule has 0 aliphatic carbocycles. The summed E-state index contributed by atoms with van der Waals surface area (Å²) >= 11 is 0. The highest BCUT2D eigenvalue weighted by Gasteiger charge is 2.11. The molecule has 1 N–H and O–H groups in total. The molecule has 0 fully saturated rings. The van der Waals surface area contributed by atoms with Crippen molar-refractivity contribution in [3.8, 4) is 0 Å². The molecule has 1 rings (SSSR count). The Kier molecular flexibility index (Phi) is 5.53. The van der Waals surface area contributed by atoms with Crippen molar-refractivity contribution < 1.29 is 14.4 Å². The van der Waals surface area contributed by atoms with Crippen LogP contribution in [0.3, 0.4) is 0 Å². The van der Waals surface area contributed by atoms with Crippen molar-refractivity contribution in [2.45, 2.75) is 51.9 Å². The van der Waals surface area contributed by atoms with Crippen LogP contribution in [0, 0.1) is 0 Å². The summed E-state index contributed by atoms with van der Waals surface area (Å²) in [6, 6.07) is 0. The summed E-state index contributed by atoms with van der Waals surface area (Å²) in [6.07, 6.45) is 7.78. The van der Waals surface area contributed by atoms with Crippen molar-refractivity contribution >= 4 is 5.97 Å². The lowest BCUT2D eigenvalue weighted by atomic mass is 10.1. The second-order valence-corrected chi connectivity index (χ2v) is 3.83. The molecule has 90 valence electrons. The van der Waals surface area contributed by atoms with Crippen LogP contribution >= 0.6 is 0 Å². The van der Waals surface area contributed by atoms with E-state index in [2.05, 4.69) is 17.1 Å². The number of nitrogens with zero attached hydrogens (tertiary/aromatic N) is 2. The summed E-state index contributed by atoms with van der Waals surface area (Å²) in [5.74, 6) is -0.966. The average Bonchev–Trinajstić information content (AvgIpc) is 2.72. The molecule has 0 saturated carbocycles. The van der Waals surface area contributed by atoms with Gasteiger partial charge in [-0.15, -0.1) is 0 Å². The van der Waals surface area contributed by atoms with Gasteiger partial charge in [0, 0.05) is 6.42 Å². The summed E-state index contributed by atoms with van der Waals surface area (Å²) in [5.41, 5.74) is 0. The SMILES string of the molecule is CCCCCCCCc1nc(C(=O)O)no1. The second kappa shape index (κ2) is 6.98. The molecule has 0 amide bonds. The van der Waals surface area contributed by atoms with E-state index < -0.39 is 5.97 Å².